The number of carbonyl (C=O) groups is 2. The maximum Gasteiger partial charge on any atom is 0.323 e. The summed E-state index contributed by atoms with van der Waals surface area (Å²) in [5.74, 6) is 0.564. The van der Waals surface area contributed by atoms with E-state index in [4.69, 9.17) is 14.2 Å². The minimum Gasteiger partial charge on any atom is -0.497 e. The second-order valence-corrected chi connectivity index (χ2v) is 12.6. The highest BCUT2D eigenvalue weighted by molar-refractivity contribution is 5.78. The first-order chi connectivity index (χ1) is 23.8. The Bertz CT molecular complexity index is 1560. The summed E-state index contributed by atoms with van der Waals surface area (Å²) in [6.07, 6.45) is 6.50. The van der Waals surface area contributed by atoms with Gasteiger partial charge in [0.15, 0.2) is 0 Å². The summed E-state index contributed by atoms with van der Waals surface area (Å²) in [6.45, 7) is 2.07. The Kier molecular flexibility index (Phi) is 13.9. The van der Waals surface area contributed by atoms with Gasteiger partial charge in [-0.2, -0.15) is 0 Å². The Morgan fingerprint density at radius 1 is 0.735 bits per heavy atom. The number of carboxylic acid groups (broad SMARTS) is 1. The van der Waals surface area contributed by atoms with Crippen LogP contribution in [-0.4, -0.2) is 42.2 Å². The molecule has 4 rings (SSSR count). The van der Waals surface area contributed by atoms with E-state index in [0.717, 1.165) is 77.7 Å². The number of aldehydes is 1. The van der Waals surface area contributed by atoms with Gasteiger partial charge in [-0.15, -0.1) is 0 Å². The van der Waals surface area contributed by atoms with E-state index in [1.165, 1.54) is 0 Å². The van der Waals surface area contributed by atoms with Crippen molar-refractivity contribution in [2.45, 2.75) is 82.8 Å². The van der Waals surface area contributed by atoms with Crippen LogP contribution in [0.1, 0.15) is 85.3 Å². The van der Waals surface area contributed by atoms with Crippen molar-refractivity contribution in [1.82, 2.24) is 5.32 Å². The molecule has 0 radical (unpaired) electrons. The van der Waals surface area contributed by atoms with Crippen LogP contribution in [0.3, 0.4) is 0 Å². The summed E-state index contributed by atoms with van der Waals surface area (Å²) in [7, 11) is 3.28. The molecule has 0 fully saturated rings. The monoisotopic (exact) mass is 667 g/mol. The fourth-order valence-electron chi connectivity index (χ4n) is 6.19. The summed E-state index contributed by atoms with van der Waals surface area (Å²) in [5, 5.41) is 23.6. The van der Waals surface area contributed by atoms with Crippen LogP contribution in [0, 0.1) is 0 Å². The molecule has 0 spiro atoms. The van der Waals surface area contributed by atoms with Crippen molar-refractivity contribution in [2.24, 2.45) is 0 Å². The van der Waals surface area contributed by atoms with Crippen LogP contribution in [0.2, 0.25) is 0 Å². The van der Waals surface area contributed by atoms with Gasteiger partial charge in [-0.25, -0.2) is 0 Å². The van der Waals surface area contributed by atoms with Gasteiger partial charge in [-0.05, 0) is 77.4 Å². The van der Waals surface area contributed by atoms with Crippen LogP contribution in [-0.2, 0) is 39.7 Å². The van der Waals surface area contributed by atoms with Gasteiger partial charge in [0.1, 0.15) is 28.9 Å². The van der Waals surface area contributed by atoms with Crippen molar-refractivity contribution in [1.29, 1.82) is 0 Å². The van der Waals surface area contributed by atoms with E-state index in [1.807, 2.05) is 97.1 Å². The minimum absolute atomic E-state index is 0.165. The molecule has 0 aliphatic heterocycles. The smallest absolute Gasteiger partial charge is 0.323 e. The molecule has 4 aromatic carbocycles. The van der Waals surface area contributed by atoms with Gasteiger partial charge in [0.25, 0.3) is 0 Å². The molecule has 0 bridgehead atoms. The topological polar surface area (TPSA) is 114 Å². The van der Waals surface area contributed by atoms with Gasteiger partial charge < -0.3 is 29.2 Å². The van der Waals surface area contributed by atoms with E-state index in [1.54, 1.807) is 21.1 Å². The summed E-state index contributed by atoms with van der Waals surface area (Å²) >= 11 is 0. The Morgan fingerprint density at radius 3 is 1.82 bits per heavy atom. The molecule has 3 N–H and O–H groups in total. The van der Waals surface area contributed by atoms with E-state index in [9.17, 15) is 19.8 Å². The fraction of sp³-hybridized carbons (Fsp3) is 0.366. The molecule has 8 heteroatoms. The van der Waals surface area contributed by atoms with Gasteiger partial charge in [0, 0.05) is 13.0 Å². The zero-order valence-electron chi connectivity index (χ0n) is 28.8. The predicted molar refractivity (Wildman–Crippen MR) is 191 cm³/mol. The third-order valence-electron chi connectivity index (χ3n) is 9.08. The zero-order chi connectivity index (χ0) is 35.1. The number of nitrogens with one attached hydrogen (secondary N) is 1. The van der Waals surface area contributed by atoms with E-state index >= 15 is 0 Å². The lowest BCUT2D eigenvalue weighted by atomic mass is 9.80. The molecule has 0 saturated heterocycles. The molecule has 0 aliphatic carbocycles. The first kappa shape index (κ1) is 37.3. The standard InChI is InChI=1S/C41H49NO7/c1-40(39(45)46,23-11-6-4-5-7-12-24-43)42-28-31-25-32(29-44)27-33(26-31)30-49-41(34-13-9-8-10-14-34,35-15-19-37(47-2)20-16-35)36-17-21-38(48-3)22-18-36/h8-10,13-22,24-27,42,44H,4-7,11-12,23,28-30H2,1-3H3,(H,45,46). The number of methoxy groups -OCH3 is 2. The molecule has 8 nitrogen and oxygen atoms in total. The number of aliphatic hydroxyl groups excluding tert-OH is 1. The molecular formula is C41H49NO7. The average Bonchev–Trinajstić information content (AvgIpc) is 3.14. The van der Waals surface area contributed by atoms with Crippen LogP contribution in [0.4, 0.5) is 0 Å². The number of unbranched alkanes of at least 4 members (excludes halogenated alkanes) is 5. The van der Waals surface area contributed by atoms with Gasteiger partial charge >= 0.3 is 5.97 Å². The van der Waals surface area contributed by atoms with E-state index in [-0.39, 0.29) is 13.2 Å². The predicted octanol–water partition coefficient (Wildman–Crippen LogP) is 7.57. The zero-order valence-corrected chi connectivity index (χ0v) is 28.8. The summed E-state index contributed by atoms with van der Waals surface area (Å²) < 4.78 is 18.0. The number of carboxylic acids is 1. The van der Waals surface area contributed by atoms with Gasteiger partial charge in [-0.3, -0.25) is 10.1 Å². The van der Waals surface area contributed by atoms with Gasteiger partial charge in [0.2, 0.25) is 0 Å². The Labute approximate surface area is 290 Å². The molecule has 0 heterocycles. The Hall–Kier alpha value is -4.50. The quantitative estimate of drug-likeness (QED) is 0.0474. The van der Waals surface area contributed by atoms with Crippen LogP contribution in [0.15, 0.2) is 97.1 Å². The summed E-state index contributed by atoms with van der Waals surface area (Å²) in [4.78, 5) is 22.9. The minimum atomic E-state index is -1.11. The maximum atomic E-state index is 12.4. The van der Waals surface area contributed by atoms with Crippen LogP contribution >= 0.6 is 0 Å². The van der Waals surface area contributed by atoms with Crippen molar-refractivity contribution >= 4 is 12.3 Å². The number of hydrogen-bond acceptors (Lipinski definition) is 7. The first-order valence-corrected chi connectivity index (χ1v) is 16.9. The molecule has 49 heavy (non-hydrogen) atoms. The van der Waals surface area contributed by atoms with Gasteiger partial charge in [-0.1, -0.05) is 98.5 Å². The van der Waals surface area contributed by atoms with Crippen LogP contribution in [0.25, 0.3) is 0 Å². The third kappa shape index (κ3) is 9.79. The number of hydrogen-bond donors (Lipinski definition) is 3. The first-order valence-electron chi connectivity index (χ1n) is 16.9. The van der Waals surface area contributed by atoms with E-state index in [2.05, 4.69) is 5.32 Å². The van der Waals surface area contributed by atoms with E-state index < -0.39 is 17.1 Å². The second kappa shape index (κ2) is 18.3. The number of ether oxygens (including phenoxy) is 3. The Morgan fingerprint density at radius 2 is 1.27 bits per heavy atom. The number of benzene rings is 4. The van der Waals surface area contributed by atoms with E-state index in [0.29, 0.717) is 24.9 Å². The van der Waals surface area contributed by atoms with Crippen molar-refractivity contribution in [3.63, 3.8) is 0 Å². The van der Waals surface area contributed by atoms with Gasteiger partial charge in [0.05, 0.1) is 27.4 Å². The summed E-state index contributed by atoms with van der Waals surface area (Å²) in [6, 6.07) is 31.6. The van der Waals surface area contributed by atoms with Crippen molar-refractivity contribution < 1.29 is 34.0 Å². The van der Waals surface area contributed by atoms with Crippen LogP contribution < -0.4 is 14.8 Å². The van der Waals surface area contributed by atoms with Crippen molar-refractivity contribution in [3.05, 3.63) is 130 Å². The highest BCUT2D eigenvalue weighted by Gasteiger charge is 2.38. The second-order valence-electron chi connectivity index (χ2n) is 12.6. The molecule has 4 aromatic rings. The van der Waals surface area contributed by atoms with Crippen LogP contribution in [0.5, 0.6) is 11.5 Å². The van der Waals surface area contributed by atoms with Crippen molar-refractivity contribution in [2.75, 3.05) is 14.2 Å². The molecule has 0 saturated carbocycles. The SMILES string of the molecule is COc1ccc(C(OCc2cc(CO)cc(CNC(C)(CCCCCCCC=O)C(=O)O)c2)(c2ccccc2)c2ccc(OC)cc2)cc1. The molecule has 260 valence electrons. The lowest BCUT2D eigenvalue weighted by molar-refractivity contribution is -0.144. The highest BCUT2D eigenvalue weighted by Crippen LogP contribution is 2.42. The summed E-state index contributed by atoms with van der Waals surface area (Å²) in [5.41, 5.74) is 3.04. The molecular weight excluding hydrogens is 618 g/mol. The third-order valence-corrected chi connectivity index (χ3v) is 9.08. The molecule has 1 unspecified atom stereocenters. The molecule has 1 atom stereocenters. The number of aliphatic carboxylic acids is 1. The molecule has 0 amide bonds. The largest absolute Gasteiger partial charge is 0.497 e. The average molecular weight is 668 g/mol. The fourth-order valence-corrected chi connectivity index (χ4v) is 6.19. The Balaban J connectivity index is 1.62. The number of rotatable bonds is 21. The highest BCUT2D eigenvalue weighted by atomic mass is 16.5. The van der Waals surface area contributed by atoms with Crippen molar-refractivity contribution in [3.8, 4) is 11.5 Å². The normalized spacial score (nSPS) is 12.7. The lowest BCUT2D eigenvalue weighted by Crippen LogP contribution is -2.49. The number of carbonyl (C=O) groups excluding carboxylic acids is 1. The maximum absolute atomic E-state index is 12.4. The molecule has 0 aromatic heterocycles. The lowest BCUT2D eigenvalue weighted by Gasteiger charge is -2.36. The molecule has 0 aliphatic rings. The number of aliphatic hydroxyl groups is 1.